The summed E-state index contributed by atoms with van der Waals surface area (Å²) in [6, 6.07) is 5.62. The van der Waals surface area contributed by atoms with E-state index in [4.69, 9.17) is 22.4 Å². The van der Waals surface area contributed by atoms with Gasteiger partial charge in [-0.05, 0) is 24.3 Å². The van der Waals surface area contributed by atoms with Gasteiger partial charge in [-0.2, -0.15) is 0 Å². The summed E-state index contributed by atoms with van der Waals surface area (Å²) in [5.41, 5.74) is 5.25. The predicted octanol–water partition coefficient (Wildman–Crippen LogP) is 0.391. The molecule has 0 spiro atoms. The van der Waals surface area contributed by atoms with E-state index in [1.165, 1.54) is 24.3 Å². The molecule has 0 aliphatic carbocycles. The van der Waals surface area contributed by atoms with Gasteiger partial charge in [-0.15, -0.1) is 0 Å². The summed E-state index contributed by atoms with van der Waals surface area (Å²) >= 11 is 5.60. The van der Waals surface area contributed by atoms with Crippen molar-refractivity contribution in [3.8, 4) is 0 Å². The Bertz CT molecular complexity index is 401. The number of aliphatic hydroxyl groups excluding tert-OH is 1. The molecule has 0 aliphatic heterocycles. The molecule has 0 radical (unpaired) electrons. The van der Waals surface area contributed by atoms with Crippen LogP contribution in [0.4, 0.5) is 0 Å². The van der Waals surface area contributed by atoms with Gasteiger partial charge in [0.2, 0.25) is 0 Å². The summed E-state index contributed by atoms with van der Waals surface area (Å²) in [6.07, 6.45) is 0. The van der Waals surface area contributed by atoms with Crippen LogP contribution in [-0.4, -0.2) is 25.5 Å². The van der Waals surface area contributed by atoms with Crippen LogP contribution in [-0.2, 0) is 9.84 Å². The Morgan fingerprint density at radius 2 is 1.86 bits per heavy atom. The minimum atomic E-state index is -3.64. The zero-order valence-electron chi connectivity index (χ0n) is 7.22. The van der Waals surface area contributed by atoms with Crippen LogP contribution in [0.3, 0.4) is 0 Å². The lowest BCUT2D eigenvalue weighted by atomic mass is 10.4. The maximum absolute atomic E-state index is 11.5. The average molecular weight is 236 g/mol. The summed E-state index contributed by atoms with van der Waals surface area (Å²) in [6.45, 7) is -0.606. The molecule has 1 atom stereocenters. The number of hydrogen-bond donors (Lipinski definition) is 2. The van der Waals surface area contributed by atoms with Crippen molar-refractivity contribution in [1.29, 1.82) is 0 Å². The quantitative estimate of drug-likeness (QED) is 0.794. The van der Waals surface area contributed by atoms with Crippen molar-refractivity contribution in [2.45, 2.75) is 10.3 Å². The van der Waals surface area contributed by atoms with Gasteiger partial charge in [0, 0.05) is 5.02 Å². The fourth-order valence-corrected chi connectivity index (χ4v) is 2.08. The fourth-order valence-electron chi connectivity index (χ4n) is 0.897. The summed E-state index contributed by atoms with van der Waals surface area (Å²) in [7, 11) is -3.64. The molecule has 1 rings (SSSR count). The number of benzene rings is 1. The maximum atomic E-state index is 11.5. The van der Waals surface area contributed by atoms with Gasteiger partial charge in [0.1, 0.15) is 5.37 Å². The highest BCUT2D eigenvalue weighted by atomic mass is 35.5. The van der Waals surface area contributed by atoms with E-state index in [1.54, 1.807) is 0 Å². The second-order valence-electron chi connectivity index (χ2n) is 2.72. The molecular weight excluding hydrogens is 226 g/mol. The van der Waals surface area contributed by atoms with Crippen molar-refractivity contribution in [2.24, 2.45) is 5.73 Å². The van der Waals surface area contributed by atoms with Gasteiger partial charge in [0.15, 0.2) is 9.84 Å². The number of nitrogens with two attached hydrogens (primary N) is 1. The van der Waals surface area contributed by atoms with Gasteiger partial charge in [-0.1, -0.05) is 11.6 Å². The second-order valence-corrected chi connectivity index (χ2v) is 5.32. The predicted molar refractivity (Wildman–Crippen MR) is 53.7 cm³/mol. The van der Waals surface area contributed by atoms with Crippen LogP contribution in [0.5, 0.6) is 0 Å². The third kappa shape index (κ3) is 2.24. The molecular formula is C8H10ClNO3S. The van der Waals surface area contributed by atoms with Gasteiger partial charge in [-0.25, -0.2) is 8.42 Å². The molecule has 6 heteroatoms. The van der Waals surface area contributed by atoms with Crippen molar-refractivity contribution >= 4 is 21.4 Å². The standard InChI is InChI=1S/C8H10ClNO3S/c9-6-1-3-7(4-2-6)14(12,13)8(10)5-11/h1-4,8,11H,5,10H2. The highest BCUT2D eigenvalue weighted by Crippen LogP contribution is 2.16. The lowest BCUT2D eigenvalue weighted by molar-refractivity contribution is 0.292. The minimum Gasteiger partial charge on any atom is -0.394 e. The molecule has 14 heavy (non-hydrogen) atoms. The Hall–Kier alpha value is -0.620. The fraction of sp³-hybridized carbons (Fsp3) is 0.250. The third-order valence-electron chi connectivity index (χ3n) is 1.72. The Labute approximate surface area is 87.2 Å². The highest BCUT2D eigenvalue weighted by Gasteiger charge is 2.22. The van der Waals surface area contributed by atoms with Crippen LogP contribution < -0.4 is 5.73 Å². The van der Waals surface area contributed by atoms with Crippen molar-refractivity contribution < 1.29 is 13.5 Å². The molecule has 0 heterocycles. The van der Waals surface area contributed by atoms with Gasteiger partial charge in [-0.3, -0.25) is 0 Å². The molecule has 4 nitrogen and oxygen atoms in total. The monoisotopic (exact) mass is 235 g/mol. The van der Waals surface area contributed by atoms with Gasteiger partial charge in [0.25, 0.3) is 0 Å². The van der Waals surface area contributed by atoms with Crippen LogP contribution in [0.2, 0.25) is 5.02 Å². The van der Waals surface area contributed by atoms with Crippen LogP contribution in [0, 0.1) is 0 Å². The van der Waals surface area contributed by atoms with Crippen molar-refractivity contribution in [2.75, 3.05) is 6.61 Å². The lowest BCUT2D eigenvalue weighted by Gasteiger charge is -2.09. The maximum Gasteiger partial charge on any atom is 0.196 e. The third-order valence-corrected chi connectivity index (χ3v) is 3.85. The van der Waals surface area contributed by atoms with E-state index in [0.29, 0.717) is 5.02 Å². The summed E-state index contributed by atoms with van der Waals surface area (Å²) in [5.74, 6) is 0. The van der Waals surface area contributed by atoms with E-state index in [1.807, 2.05) is 0 Å². The summed E-state index contributed by atoms with van der Waals surface area (Å²) in [4.78, 5) is 0.0588. The van der Waals surface area contributed by atoms with E-state index in [9.17, 15) is 8.42 Å². The molecule has 1 aromatic rings. The van der Waals surface area contributed by atoms with Crippen LogP contribution in [0.15, 0.2) is 29.2 Å². The molecule has 0 fully saturated rings. The molecule has 3 N–H and O–H groups in total. The minimum absolute atomic E-state index is 0.0588. The first-order valence-corrected chi connectivity index (χ1v) is 5.77. The SMILES string of the molecule is NC(CO)S(=O)(=O)c1ccc(Cl)cc1. The smallest absolute Gasteiger partial charge is 0.196 e. The van der Waals surface area contributed by atoms with Gasteiger partial charge in [0.05, 0.1) is 11.5 Å². The number of halogens is 1. The Kier molecular flexibility index (Phi) is 3.49. The lowest BCUT2D eigenvalue weighted by Crippen LogP contribution is -2.34. The molecule has 0 aromatic heterocycles. The summed E-state index contributed by atoms with van der Waals surface area (Å²) in [5, 5.41) is 7.81. The highest BCUT2D eigenvalue weighted by molar-refractivity contribution is 7.92. The molecule has 0 amide bonds. The number of hydrogen-bond acceptors (Lipinski definition) is 4. The van der Waals surface area contributed by atoms with E-state index in [2.05, 4.69) is 0 Å². The zero-order valence-corrected chi connectivity index (χ0v) is 8.79. The number of rotatable bonds is 3. The zero-order chi connectivity index (χ0) is 10.8. The van der Waals surface area contributed by atoms with Crippen LogP contribution >= 0.6 is 11.6 Å². The molecule has 0 bridgehead atoms. The van der Waals surface area contributed by atoms with Crippen LogP contribution in [0.25, 0.3) is 0 Å². The largest absolute Gasteiger partial charge is 0.394 e. The molecule has 1 unspecified atom stereocenters. The molecule has 0 saturated carbocycles. The Morgan fingerprint density at radius 1 is 1.36 bits per heavy atom. The van der Waals surface area contributed by atoms with Crippen molar-refractivity contribution in [3.63, 3.8) is 0 Å². The Balaban J connectivity index is 3.11. The Morgan fingerprint density at radius 3 is 2.29 bits per heavy atom. The first-order chi connectivity index (χ1) is 6.48. The van der Waals surface area contributed by atoms with Crippen molar-refractivity contribution in [1.82, 2.24) is 0 Å². The molecule has 0 saturated heterocycles. The van der Waals surface area contributed by atoms with Gasteiger partial charge < -0.3 is 10.8 Å². The first-order valence-electron chi connectivity index (χ1n) is 3.84. The topological polar surface area (TPSA) is 80.4 Å². The number of sulfone groups is 1. The second kappa shape index (κ2) is 4.27. The normalized spacial score (nSPS) is 13.9. The molecule has 1 aromatic carbocycles. The van der Waals surface area contributed by atoms with E-state index in [-0.39, 0.29) is 4.90 Å². The van der Waals surface area contributed by atoms with Crippen LogP contribution in [0.1, 0.15) is 0 Å². The number of aliphatic hydroxyl groups is 1. The molecule has 78 valence electrons. The van der Waals surface area contributed by atoms with E-state index in [0.717, 1.165) is 0 Å². The first kappa shape index (κ1) is 11.5. The average Bonchev–Trinajstić information content (AvgIpc) is 2.17. The van der Waals surface area contributed by atoms with E-state index < -0.39 is 21.8 Å². The van der Waals surface area contributed by atoms with Gasteiger partial charge >= 0.3 is 0 Å². The molecule has 0 aliphatic rings. The van der Waals surface area contributed by atoms with Crippen molar-refractivity contribution in [3.05, 3.63) is 29.3 Å². The van der Waals surface area contributed by atoms with E-state index >= 15 is 0 Å². The summed E-state index contributed by atoms with van der Waals surface area (Å²) < 4.78 is 23.1.